The monoisotopic (exact) mass is 389 g/mol. The number of nitrogens with one attached hydrogen (secondary N) is 1. The highest BCUT2D eigenvalue weighted by molar-refractivity contribution is 9.11. The lowest BCUT2D eigenvalue weighted by Crippen LogP contribution is -2.24. The summed E-state index contributed by atoms with van der Waals surface area (Å²) in [5.74, 6) is 2.63. The molecule has 106 valence electrons. The number of halogens is 2. The summed E-state index contributed by atoms with van der Waals surface area (Å²) in [6, 6.07) is 4.13. The molecule has 1 fully saturated rings. The van der Waals surface area contributed by atoms with Gasteiger partial charge in [-0.3, -0.25) is 0 Å². The van der Waals surface area contributed by atoms with Crippen LogP contribution in [0.5, 0.6) is 5.75 Å². The van der Waals surface area contributed by atoms with Gasteiger partial charge in [0.15, 0.2) is 0 Å². The molecule has 1 aliphatic rings. The Morgan fingerprint density at radius 3 is 2.74 bits per heavy atom. The third-order valence-electron chi connectivity index (χ3n) is 4.05. The number of methoxy groups -OCH3 is 1. The highest BCUT2D eigenvalue weighted by Gasteiger charge is 2.22. The number of ether oxygens (including phenoxy) is 1. The number of hydrogen-bond donors (Lipinski definition) is 1. The predicted octanol–water partition coefficient (Wildman–Crippen LogP) is 4.75. The smallest absolute Gasteiger partial charge is 0.137 e. The Morgan fingerprint density at radius 2 is 2.11 bits per heavy atom. The fraction of sp³-hybridized carbons (Fsp3) is 0.600. The molecule has 2 rings (SSSR count). The van der Waals surface area contributed by atoms with E-state index < -0.39 is 0 Å². The molecule has 2 atom stereocenters. The van der Waals surface area contributed by atoms with Crippen molar-refractivity contribution in [2.24, 2.45) is 11.8 Å². The van der Waals surface area contributed by atoms with Crippen LogP contribution in [0.2, 0.25) is 0 Å². The topological polar surface area (TPSA) is 21.3 Å². The van der Waals surface area contributed by atoms with Gasteiger partial charge in [0.1, 0.15) is 5.75 Å². The van der Waals surface area contributed by atoms with Gasteiger partial charge >= 0.3 is 0 Å². The van der Waals surface area contributed by atoms with E-state index in [0.717, 1.165) is 39.6 Å². The van der Waals surface area contributed by atoms with E-state index in [1.807, 2.05) is 6.07 Å². The minimum absolute atomic E-state index is 0.835. The second-order valence-corrected chi connectivity index (χ2v) is 7.15. The van der Waals surface area contributed by atoms with E-state index >= 15 is 0 Å². The Hall–Kier alpha value is -0.0600. The third kappa shape index (κ3) is 3.96. The molecule has 1 saturated carbocycles. The summed E-state index contributed by atoms with van der Waals surface area (Å²) < 4.78 is 7.54. The van der Waals surface area contributed by atoms with E-state index in [4.69, 9.17) is 4.74 Å². The summed E-state index contributed by atoms with van der Waals surface area (Å²) in [6.07, 6.45) is 4.14. The summed E-state index contributed by atoms with van der Waals surface area (Å²) in [5.41, 5.74) is 1.19. The molecule has 1 aromatic carbocycles. The number of hydrogen-bond acceptors (Lipinski definition) is 2. The van der Waals surface area contributed by atoms with Crippen molar-refractivity contribution in [3.05, 3.63) is 26.6 Å². The van der Waals surface area contributed by atoms with Crippen molar-refractivity contribution < 1.29 is 4.74 Å². The Labute approximate surface area is 132 Å². The molecular formula is C15H21Br2NO. The van der Waals surface area contributed by atoms with Gasteiger partial charge in [-0.05, 0) is 52.9 Å². The van der Waals surface area contributed by atoms with Crippen LogP contribution >= 0.6 is 31.9 Å². The summed E-state index contributed by atoms with van der Waals surface area (Å²) in [5, 5.41) is 3.58. The normalized spacial score (nSPS) is 22.7. The van der Waals surface area contributed by atoms with Crippen LogP contribution < -0.4 is 10.1 Å². The number of benzene rings is 1. The van der Waals surface area contributed by atoms with Gasteiger partial charge in [0.25, 0.3) is 0 Å². The molecule has 0 radical (unpaired) electrons. The van der Waals surface area contributed by atoms with E-state index in [-0.39, 0.29) is 0 Å². The molecule has 1 aromatic rings. The first-order valence-electron chi connectivity index (χ1n) is 6.84. The van der Waals surface area contributed by atoms with Gasteiger partial charge in [-0.2, -0.15) is 0 Å². The molecule has 0 aromatic heterocycles. The van der Waals surface area contributed by atoms with Crippen molar-refractivity contribution in [3.63, 3.8) is 0 Å². The highest BCUT2D eigenvalue weighted by Crippen LogP contribution is 2.33. The largest absolute Gasteiger partial charge is 0.495 e. The van der Waals surface area contributed by atoms with Crippen molar-refractivity contribution in [2.45, 2.75) is 32.7 Å². The lowest BCUT2D eigenvalue weighted by molar-refractivity contribution is 0.383. The molecular weight excluding hydrogens is 370 g/mol. The zero-order valence-corrected chi connectivity index (χ0v) is 14.7. The maximum absolute atomic E-state index is 5.47. The van der Waals surface area contributed by atoms with E-state index in [1.165, 1.54) is 24.8 Å². The average Bonchev–Trinajstić information content (AvgIpc) is 2.75. The highest BCUT2D eigenvalue weighted by atomic mass is 79.9. The van der Waals surface area contributed by atoms with E-state index in [1.54, 1.807) is 7.11 Å². The average molecular weight is 391 g/mol. The zero-order chi connectivity index (χ0) is 13.8. The van der Waals surface area contributed by atoms with E-state index in [0.29, 0.717) is 0 Å². The second-order valence-electron chi connectivity index (χ2n) is 5.38. The van der Waals surface area contributed by atoms with Crippen LogP contribution in [-0.4, -0.2) is 13.7 Å². The first kappa shape index (κ1) is 15.3. The van der Waals surface area contributed by atoms with Crippen LogP contribution in [0.4, 0.5) is 0 Å². The van der Waals surface area contributed by atoms with Crippen LogP contribution in [-0.2, 0) is 6.54 Å². The summed E-state index contributed by atoms with van der Waals surface area (Å²) >= 11 is 7.07. The summed E-state index contributed by atoms with van der Waals surface area (Å²) in [6.45, 7) is 4.33. The van der Waals surface area contributed by atoms with Crippen LogP contribution in [0.3, 0.4) is 0 Å². The number of rotatable bonds is 5. The summed E-state index contributed by atoms with van der Waals surface area (Å²) in [7, 11) is 1.72. The molecule has 4 heteroatoms. The first-order valence-corrected chi connectivity index (χ1v) is 8.43. The summed E-state index contributed by atoms with van der Waals surface area (Å²) in [4.78, 5) is 0. The maximum atomic E-state index is 5.47. The quantitative estimate of drug-likeness (QED) is 0.783. The molecule has 2 nitrogen and oxygen atoms in total. The minimum atomic E-state index is 0.835. The van der Waals surface area contributed by atoms with Gasteiger partial charge in [0.2, 0.25) is 0 Å². The Balaban J connectivity index is 1.95. The molecule has 0 heterocycles. The van der Waals surface area contributed by atoms with Crippen LogP contribution in [0.15, 0.2) is 21.1 Å². The van der Waals surface area contributed by atoms with Gasteiger partial charge in [-0.1, -0.05) is 35.7 Å². The lowest BCUT2D eigenvalue weighted by atomic mass is 9.98. The molecule has 1 N–H and O–H groups in total. The molecule has 0 amide bonds. The van der Waals surface area contributed by atoms with Gasteiger partial charge in [0, 0.05) is 16.6 Å². The van der Waals surface area contributed by atoms with Gasteiger partial charge in [0.05, 0.1) is 11.6 Å². The van der Waals surface area contributed by atoms with E-state index in [9.17, 15) is 0 Å². The minimum Gasteiger partial charge on any atom is -0.495 e. The van der Waals surface area contributed by atoms with Gasteiger partial charge in [-0.25, -0.2) is 0 Å². The molecule has 1 aliphatic carbocycles. The SMILES string of the molecule is COc1c(Br)cc(Br)cc1CNCC1CCCC1C. The van der Waals surface area contributed by atoms with Crippen molar-refractivity contribution in [3.8, 4) is 5.75 Å². The van der Waals surface area contributed by atoms with E-state index in [2.05, 4.69) is 50.2 Å². The van der Waals surface area contributed by atoms with Gasteiger partial charge in [-0.15, -0.1) is 0 Å². The molecule has 0 aliphatic heterocycles. The van der Waals surface area contributed by atoms with Crippen molar-refractivity contribution in [1.82, 2.24) is 5.32 Å². The van der Waals surface area contributed by atoms with Crippen LogP contribution in [0.1, 0.15) is 31.7 Å². The van der Waals surface area contributed by atoms with Crippen LogP contribution in [0.25, 0.3) is 0 Å². The second kappa shape index (κ2) is 7.09. The first-order chi connectivity index (χ1) is 9.11. The fourth-order valence-corrected chi connectivity index (χ4v) is 4.37. The zero-order valence-electron chi connectivity index (χ0n) is 11.5. The Morgan fingerprint density at radius 1 is 1.32 bits per heavy atom. The van der Waals surface area contributed by atoms with Crippen molar-refractivity contribution in [2.75, 3.05) is 13.7 Å². The fourth-order valence-electron chi connectivity index (χ4n) is 2.89. The maximum Gasteiger partial charge on any atom is 0.137 e. The van der Waals surface area contributed by atoms with Gasteiger partial charge < -0.3 is 10.1 Å². The molecule has 0 saturated heterocycles. The van der Waals surface area contributed by atoms with Crippen LogP contribution in [0, 0.1) is 11.8 Å². The Bertz CT molecular complexity index is 436. The molecule has 0 spiro atoms. The lowest BCUT2D eigenvalue weighted by Gasteiger charge is -2.17. The third-order valence-corrected chi connectivity index (χ3v) is 5.10. The molecule has 2 unspecified atom stereocenters. The predicted molar refractivity (Wildman–Crippen MR) is 86.6 cm³/mol. The van der Waals surface area contributed by atoms with Crippen molar-refractivity contribution in [1.29, 1.82) is 0 Å². The van der Waals surface area contributed by atoms with Crippen molar-refractivity contribution >= 4 is 31.9 Å². The molecule has 19 heavy (non-hydrogen) atoms. The Kier molecular flexibility index (Phi) is 5.72. The standard InChI is InChI=1S/C15H21Br2NO/c1-10-4-3-5-11(10)8-18-9-12-6-13(16)7-14(17)15(12)19-2/h6-7,10-11,18H,3-5,8-9H2,1-2H3. The molecule has 0 bridgehead atoms.